The van der Waals surface area contributed by atoms with Gasteiger partial charge >= 0.3 is 5.97 Å². The predicted octanol–water partition coefficient (Wildman–Crippen LogP) is 5.39. The number of H-pyrrole nitrogens is 1. The summed E-state index contributed by atoms with van der Waals surface area (Å²) in [6.45, 7) is 2.31. The molecule has 0 spiro atoms. The highest BCUT2D eigenvalue weighted by molar-refractivity contribution is 9.10. The highest BCUT2D eigenvalue weighted by atomic mass is 79.9. The van der Waals surface area contributed by atoms with Crippen LogP contribution in [0.5, 0.6) is 0 Å². The lowest BCUT2D eigenvalue weighted by atomic mass is 9.84. The van der Waals surface area contributed by atoms with Crippen LogP contribution in [0.1, 0.15) is 43.0 Å². The third-order valence-electron chi connectivity index (χ3n) is 5.36. The van der Waals surface area contributed by atoms with Crippen molar-refractivity contribution in [2.24, 2.45) is 0 Å². The number of ether oxygens (including phenoxy) is 1. The van der Waals surface area contributed by atoms with E-state index in [1.54, 1.807) is 6.07 Å². The van der Waals surface area contributed by atoms with Gasteiger partial charge in [0.1, 0.15) is 17.2 Å². The second-order valence-corrected chi connectivity index (χ2v) is 8.43. The lowest BCUT2D eigenvalue weighted by Gasteiger charge is -2.36. The molecular formula is C23H22BrF2N3O3. The van der Waals surface area contributed by atoms with E-state index < -0.39 is 17.4 Å². The first-order valence-electron chi connectivity index (χ1n) is 10.0. The van der Waals surface area contributed by atoms with Gasteiger partial charge in [0.05, 0.1) is 41.6 Å². The van der Waals surface area contributed by atoms with Gasteiger partial charge in [0, 0.05) is 9.86 Å². The number of carbonyl (C=O) groups is 1. The Morgan fingerprint density at radius 2 is 2.06 bits per heavy atom. The molecule has 0 bridgehead atoms. The Kier molecular flexibility index (Phi) is 7.16. The number of rotatable bonds is 4. The molecule has 9 heteroatoms. The average Bonchev–Trinajstić information content (AvgIpc) is 3.14. The summed E-state index contributed by atoms with van der Waals surface area (Å²) in [5.74, 6) is -1.79. The van der Waals surface area contributed by atoms with Crippen molar-refractivity contribution in [1.82, 2.24) is 4.98 Å². The minimum atomic E-state index is -0.994. The number of fused-ring (bicyclic) bond motifs is 3. The van der Waals surface area contributed by atoms with Crippen molar-refractivity contribution in [3.8, 4) is 6.07 Å². The molecule has 1 atom stereocenters. The zero-order chi connectivity index (χ0) is 23.5. The lowest BCUT2D eigenvalue weighted by Crippen LogP contribution is -2.37. The lowest BCUT2D eigenvalue weighted by molar-refractivity contribution is -0.149. The van der Waals surface area contributed by atoms with Gasteiger partial charge in [-0.05, 0) is 48.7 Å². The van der Waals surface area contributed by atoms with Crippen LogP contribution in [-0.4, -0.2) is 22.7 Å². The summed E-state index contributed by atoms with van der Waals surface area (Å²) < 4.78 is 33.2. The smallest absolute Gasteiger partial charge is 0.306 e. The zero-order valence-electron chi connectivity index (χ0n) is 17.3. The Morgan fingerprint density at radius 1 is 1.34 bits per heavy atom. The SMILES string of the molecule is CCC[C@]1(CC(=O)O)OCCc2c1[nH]c1c(F)ccc(C#N)c21.Nc1cc(Br)ccc1F. The fourth-order valence-electron chi connectivity index (χ4n) is 4.08. The van der Waals surface area contributed by atoms with Crippen molar-refractivity contribution in [3.05, 3.63) is 63.3 Å². The van der Waals surface area contributed by atoms with E-state index in [4.69, 9.17) is 10.5 Å². The van der Waals surface area contributed by atoms with Crippen molar-refractivity contribution in [2.45, 2.75) is 38.2 Å². The fourth-order valence-corrected chi connectivity index (χ4v) is 4.46. The van der Waals surface area contributed by atoms with Gasteiger partial charge in [-0.15, -0.1) is 0 Å². The van der Waals surface area contributed by atoms with Crippen molar-refractivity contribution in [1.29, 1.82) is 5.26 Å². The second kappa shape index (κ2) is 9.67. The Bertz CT molecular complexity index is 1210. The van der Waals surface area contributed by atoms with Gasteiger partial charge in [0.2, 0.25) is 0 Å². The summed E-state index contributed by atoms with van der Waals surface area (Å²) >= 11 is 3.15. The minimum Gasteiger partial charge on any atom is -0.481 e. The quantitative estimate of drug-likeness (QED) is 0.411. The van der Waals surface area contributed by atoms with Crippen LogP contribution in [0.2, 0.25) is 0 Å². The number of nitrogens with two attached hydrogens (primary N) is 1. The Morgan fingerprint density at radius 3 is 2.66 bits per heavy atom. The van der Waals surface area contributed by atoms with E-state index in [-0.39, 0.29) is 23.4 Å². The first-order valence-corrected chi connectivity index (χ1v) is 10.8. The number of benzene rings is 2. The van der Waals surface area contributed by atoms with Gasteiger partial charge in [-0.1, -0.05) is 29.3 Å². The molecule has 3 aromatic rings. The monoisotopic (exact) mass is 505 g/mol. The van der Waals surface area contributed by atoms with Crippen LogP contribution in [-0.2, 0) is 21.6 Å². The molecule has 0 unspecified atom stereocenters. The molecule has 0 saturated carbocycles. The van der Waals surface area contributed by atoms with Gasteiger partial charge in [0.25, 0.3) is 0 Å². The van der Waals surface area contributed by atoms with Crippen LogP contribution in [0.3, 0.4) is 0 Å². The summed E-state index contributed by atoms with van der Waals surface area (Å²) in [6.07, 6.45) is 1.58. The van der Waals surface area contributed by atoms with E-state index in [0.29, 0.717) is 36.1 Å². The summed E-state index contributed by atoms with van der Waals surface area (Å²) in [5.41, 5.74) is 6.44. The number of nitrogens with one attached hydrogen (secondary N) is 1. The van der Waals surface area contributed by atoms with Gasteiger partial charge in [-0.3, -0.25) is 4.79 Å². The number of nitriles is 1. The second-order valence-electron chi connectivity index (χ2n) is 7.51. The number of anilines is 1. The van der Waals surface area contributed by atoms with E-state index in [9.17, 15) is 23.9 Å². The molecule has 4 rings (SSSR count). The number of nitrogen functional groups attached to an aromatic ring is 1. The Labute approximate surface area is 192 Å². The standard InChI is InChI=1S/C17H17FN2O3.C6H5BrFN/c1-2-6-17(8-13(21)22)16-11(5-7-23-17)14-10(9-19)3-4-12(18)15(14)20-16;7-4-1-2-5(8)6(9)3-4/h3-4,20H,2,5-8H2,1H3,(H,21,22);1-3H,9H2/t17-;/m1./s1. The first-order chi connectivity index (χ1) is 15.2. The molecular weight excluding hydrogens is 484 g/mol. The van der Waals surface area contributed by atoms with Crippen LogP contribution in [0.4, 0.5) is 14.5 Å². The van der Waals surface area contributed by atoms with Gasteiger partial charge in [-0.2, -0.15) is 5.26 Å². The van der Waals surface area contributed by atoms with E-state index >= 15 is 0 Å². The third kappa shape index (κ3) is 4.61. The van der Waals surface area contributed by atoms with Crippen LogP contribution < -0.4 is 5.73 Å². The summed E-state index contributed by atoms with van der Waals surface area (Å²) in [6, 6.07) is 9.25. The third-order valence-corrected chi connectivity index (χ3v) is 5.86. The zero-order valence-corrected chi connectivity index (χ0v) is 18.9. The van der Waals surface area contributed by atoms with E-state index in [2.05, 4.69) is 27.0 Å². The van der Waals surface area contributed by atoms with Crippen molar-refractivity contribution >= 4 is 38.5 Å². The number of carboxylic acid groups (broad SMARTS) is 1. The number of aromatic nitrogens is 1. The highest BCUT2D eigenvalue weighted by Gasteiger charge is 2.42. The number of halogens is 3. The van der Waals surface area contributed by atoms with E-state index in [1.807, 2.05) is 6.92 Å². The maximum atomic E-state index is 14.2. The normalized spacial score (nSPS) is 17.2. The summed E-state index contributed by atoms with van der Waals surface area (Å²) in [7, 11) is 0. The average molecular weight is 506 g/mol. The van der Waals surface area contributed by atoms with E-state index in [1.165, 1.54) is 24.3 Å². The number of hydrogen-bond acceptors (Lipinski definition) is 4. The van der Waals surface area contributed by atoms with Gasteiger partial charge in [0.15, 0.2) is 0 Å². The maximum absolute atomic E-state index is 14.2. The molecule has 0 radical (unpaired) electrons. The maximum Gasteiger partial charge on any atom is 0.306 e. The largest absolute Gasteiger partial charge is 0.481 e. The minimum absolute atomic E-state index is 0.171. The van der Waals surface area contributed by atoms with Crippen LogP contribution in [0.15, 0.2) is 34.8 Å². The number of nitrogens with zero attached hydrogens (tertiary/aromatic N) is 1. The van der Waals surface area contributed by atoms with Crippen LogP contribution in [0, 0.1) is 23.0 Å². The van der Waals surface area contributed by atoms with Crippen molar-refractivity contribution < 1.29 is 23.4 Å². The molecule has 1 aromatic heterocycles. The molecule has 0 saturated heterocycles. The highest BCUT2D eigenvalue weighted by Crippen LogP contribution is 2.43. The molecule has 0 amide bonds. The Hall–Kier alpha value is -2.96. The molecule has 168 valence electrons. The topological polar surface area (TPSA) is 112 Å². The molecule has 0 fully saturated rings. The molecule has 0 aliphatic carbocycles. The van der Waals surface area contributed by atoms with Gasteiger partial charge in [-0.25, -0.2) is 8.78 Å². The number of aliphatic carboxylic acids is 1. The summed E-state index contributed by atoms with van der Waals surface area (Å²) in [4.78, 5) is 14.4. The van der Waals surface area contributed by atoms with Crippen molar-refractivity contribution in [3.63, 3.8) is 0 Å². The molecule has 2 heterocycles. The van der Waals surface area contributed by atoms with Crippen LogP contribution >= 0.6 is 15.9 Å². The predicted molar refractivity (Wildman–Crippen MR) is 120 cm³/mol. The molecule has 32 heavy (non-hydrogen) atoms. The van der Waals surface area contributed by atoms with Gasteiger partial charge < -0.3 is 20.6 Å². The summed E-state index contributed by atoms with van der Waals surface area (Å²) in [5, 5.41) is 19.2. The number of aromatic amines is 1. The number of carboxylic acids is 1. The fraction of sp³-hybridized carbons (Fsp3) is 0.304. The molecule has 4 N–H and O–H groups in total. The molecule has 6 nitrogen and oxygen atoms in total. The molecule has 1 aliphatic heterocycles. The molecule has 2 aromatic carbocycles. The Balaban J connectivity index is 0.000000269. The number of hydrogen-bond donors (Lipinski definition) is 3. The van der Waals surface area contributed by atoms with Crippen molar-refractivity contribution in [2.75, 3.05) is 12.3 Å². The van der Waals surface area contributed by atoms with Crippen LogP contribution in [0.25, 0.3) is 10.9 Å². The first kappa shape index (κ1) is 23.7. The molecule has 1 aliphatic rings. The van der Waals surface area contributed by atoms with E-state index in [0.717, 1.165) is 16.5 Å².